The number of nitrogens with zero attached hydrogens (tertiary/aromatic N) is 2. The third-order valence-electron chi connectivity index (χ3n) is 2.96. The van der Waals surface area contributed by atoms with E-state index in [0.717, 1.165) is 25.6 Å². The Morgan fingerprint density at radius 2 is 1.83 bits per heavy atom. The number of nitrogens with one attached hydrogen (secondary N) is 2. The highest BCUT2D eigenvalue weighted by molar-refractivity contribution is 6.06. The quantitative estimate of drug-likeness (QED) is 0.724. The number of hydrogen-bond donors (Lipinski definition) is 2. The summed E-state index contributed by atoms with van der Waals surface area (Å²) in [4.78, 5) is 13.3. The van der Waals surface area contributed by atoms with Crippen LogP contribution in [0.5, 0.6) is 0 Å². The number of guanidine groups is 1. The zero-order valence-electron chi connectivity index (χ0n) is 14.1. The van der Waals surface area contributed by atoms with Crippen molar-refractivity contribution in [1.29, 1.82) is 0 Å². The SMILES string of the molecule is CC[N+](CC)=C1NC(=NCC(C)C)NC1C.O=C([O-])C(F)(F)F. The fourth-order valence-electron chi connectivity index (χ4n) is 1.82. The summed E-state index contributed by atoms with van der Waals surface area (Å²) in [5, 5.41) is 15.5. The Morgan fingerprint density at radius 1 is 1.35 bits per heavy atom. The van der Waals surface area contributed by atoms with Gasteiger partial charge >= 0.3 is 6.18 Å². The molecular formula is C14H25F3N4O2. The molecule has 0 radical (unpaired) electrons. The molecule has 0 aromatic carbocycles. The van der Waals surface area contributed by atoms with Gasteiger partial charge in [0.2, 0.25) is 0 Å². The maximum atomic E-state index is 10.5. The number of carbonyl (C=O) groups excluding carboxylic acids is 1. The Morgan fingerprint density at radius 3 is 2.17 bits per heavy atom. The van der Waals surface area contributed by atoms with Crippen molar-refractivity contribution in [1.82, 2.24) is 10.6 Å². The van der Waals surface area contributed by atoms with Gasteiger partial charge in [-0.05, 0) is 26.7 Å². The molecule has 0 aromatic rings. The largest absolute Gasteiger partial charge is 0.542 e. The van der Waals surface area contributed by atoms with Crippen molar-refractivity contribution in [2.75, 3.05) is 19.6 Å². The standard InChI is InChI=1S/C12H24N4.C2HF3O2/c1-6-16(7-2)11-10(5)14-12(15-11)13-8-9(3)4;3-2(4,5)1(6)7/h9-10H,6-8H2,1-5H3,(H,13,14);(H,6,7). The van der Waals surface area contributed by atoms with Gasteiger partial charge in [0.25, 0.3) is 11.8 Å². The molecule has 2 N–H and O–H groups in total. The lowest BCUT2D eigenvalue weighted by atomic mass is 10.2. The van der Waals surface area contributed by atoms with Crippen molar-refractivity contribution < 1.29 is 27.6 Å². The molecule has 1 rings (SSSR count). The lowest BCUT2D eigenvalue weighted by molar-refractivity contribution is -0.523. The zero-order valence-corrected chi connectivity index (χ0v) is 14.1. The summed E-state index contributed by atoms with van der Waals surface area (Å²) in [7, 11) is 0. The molecule has 134 valence electrons. The first kappa shape index (κ1) is 21.2. The Labute approximate surface area is 134 Å². The van der Waals surface area contributed by atoms with Gasteiger partial charge in [0.05, 0.1) is 13.1 Å². The highest BCUT2D eigenvalue weighted by Gasteiger charge is 2.31. The maximum Gasteiger partial charge on any atom is 0.430 e. The Hall–Kier alpha value is -1.80. The monoisotopic (exact) mass is 338 g/mol. The summed E-state index contributed by atoms with van der Waals surface area (Å²) in [6.07, 6.45) is -5.19. The average Bonchev–Trinajstić information content (AvgIpc) is 2.79. The molecule has 0 aliphatic carbocycles. The summed E-state index contributed by atoms with van der Waals surface area (Å²) in [6, 6.07) is 0.339. The highest BCUT2D eigenvalue weighted by atomic mass is 19.4. The first-order valence-corrected chi connectivity index (χ1v) is 7.50. The molecule has 9 heteroatoms. The van der Waals surface area contributed by atoms with Crippen molar-refractivity contribution in [3.63, 3.8) is 0 Å². The molecule has 0 bridgehead atoms. The molecule has 1 fully saturated rings. The van der Waals surface area contributed by atoms with Crippen LogP contribution in [0, 0.1) is 5.92 Å². The minimum atomic E-state index is -5.19. The second-order valence-corrected chi connectivity index (χ2v) is 5.42. The maximum absolute atomic E-state index is 10.5. The van der Waals surface area contributed by atoms with Gasteiger partial charge < -0.3 is 15.2 Å². The van der Waals surface area contributed by atoms with E-state index in [1.807, 2.05) is 0 Å². The zero-order chi connectivity index (χ0) is 18.2. The summed E-state index contributed by atoms with van der Waals surface area (Å²) in [5.74, 6) is -0.244. The van der Waals surface area contributed by atoms with Crippen molar-refractivity contribution in [2.24, 2.45) is 10.9 Å². The topological polar surface area (TPSA) is 79.6 Å². The van der Waals surface area contributed by atoms with Gasteiger partial charge in [-0.25, -0.2) is 10.3 Å². The molecule has 1 aliphatic rings. The fraction of sp³-hybridized carbons (Fsp3) is 0.786. The molecule has 1 saturated heterocycles. The number of alkyl halides is 3. The molecule has 6 nitrogen and oxygen atoms in total. The van der Waals surface area contributed by atoms with Gasteiger partial charge in [0, 0.05) is 6.54 Å². The molecule has 1 unspecified atom stereocenters. The van der Waals surface area contributed by atoms with Crippen LogP contribution in [0.2, 0.25) is 0 Å². The van der Waals surface area contributed by atoms with Crippen molar-refractivity contribution in [3.8, 4) is 0 Å². The van der Waals surface area contributed by atoms with Crippen LogP contribution in [0.4, 0.5) is 13.2 Å². The highest BCUT2D eigenvalue weighted by Crippen LogP contribution is 2.11. The Kier molecular flexibility index (Phi) is 8.63. The van der Waals surface area contributed by atoms with Crippen LogP contribution < -0.4 is 15.7 Å². The van der Waals surface area contributed by atoms with Crippen LogP contribution in [0.15, 0.2) is 4.99 Å². The van der Waals surface area contributed by atoms with E-state index in [2.05, 4.69) is 54.8 Å². The number of carboxylic acid groups (broad SMARTS) is 1. The van der Waals surface area contributed by atoms with Gasteiger partial charge in [-0.1, -0.05) is 13.8 Å². The van der Waals surface area contributed by atoms with Gasteiger partial charge in [-0.2, -0.15) is 13.2 Å². The molecule has 0 aromatic heterocycles. The lowest BCUT2D eigenvalue weighted by Crippen LogP contribution is -2.37. The average molecular weight is 338 g/mol. The van der Waals surface area contributed by atoms with Gasteiger partial charge in [-0.3, -0.25) is 4.58 Å². The van der Waals surface area contributed by atoms with Crippen LogP contribution in [-0.2, 0) is 4.79 Å². The molecule has 0 spiro atoms. The van der Waals surface area contributed by atoms with Crippen LogP contribution in [0.3, 0.4) is 0 Å². The number of aliphatic imine (C=N–C) groups is 1. The van der Waals surface area contributed by atoms with E-state index in [9.17, 15) is 13.2 Å². The van der Waals surface area contributed by atoms with Gasteiger partial charge in [-0.15, -0.1) is 0 Å². The van der Waals surface area contributed by atoms with Crippen LogP contribution >= 0.6 is 0 Å². The predicted octanol–water partition coefficient (Wildman–Crippen LogP) is 0.329. The molecular weight excluding hydrogens is 313 g/mol. The van der Waals surface area contributed by atoms with Crippen LogP contribution in [0.1, 0.15) is 34.6 Å². The van der Waals surface area contributed by atoms with E-state index in [-0.39, 0.29) is 0 Å². The second kappa shape index (κ2) is 9.36. The van der Waals surface area contributed by atoms with E-state index in [0.29, 0.717) is 12.0 Å². The first-order chi connectivity index (χ1) is 10.5. The molecule has 1 aliphatic heterocycles. The van der Waals surface area contributed by atoms with Crippen molar-refractivity contribution in [3.05, 3.63) is 0 Å². The van der Waals surface area contributed by atoms with Crippen molar-refractivity contribution >= 4 is 17.8 Å². The van der Waals surface area contributed by atoms with E-state index < -0.39 is 12.1 Å². The van der Waals surface area contributed by atoms with Crippen molar-refractivity contribution in [2.45, 2.75) is 46.8 Å². The number of hydrogen-bond acceptors (Lipinski definition) is 3. The minimum absolute atomic E-state index is 0.339. The Bertz CT molecular complexity index is 453. The van der Waals surface area contributed by atoms with E-state index >= 15 is 0 Å². The van der Waals surface area contributed by atoms with Gasteiger partial charge in [0.15, 0.2) is 0 Å². The second-order valence-electron chi connectivity index (χ2n) is 5.42. The molecule has 0 amide bonds. The number of amidine groups is 1. The summed E-state index contributed by atoms with van der Waals surface area (Å²) >= 11 is 0. The number of rotatable bonds is 4. The molecule has 23 heavy (non-hydrogen) atoms. The van der Waals surface area contributed by atoms with E-state index in [4.69, 9.17) is 9.90 Å². The fourth-order valence-corrected chi connectivity index (χ4v) is 1.82. The number of carbonyl (C=O) groups is 1. The van der Waals surface area contributed by atoms with Crippen LogP contribution in [-0.4, -0.2) is 54.2 Å². The third kappa shape index (κ3) is 7.85. The summed E-state index contributed by atoms with van der Waals surface area (Å²) in [5.41, 5.74) is 0. The number of aliphatic carboxylic acids is 1. The van der Waals surface area contributed by atoms with Crippen LogP contribution in [0.25, 0.3) is 0 Å². The molecule has 0 saturated carbocycles. The van der Waals surface area contributed by atoms with Gasteiger partial charge in [0.1, 0.15) is 12.0 Å². The normalized spacial score (nSPS) is 19.1. The lowest BCUT2D eigenvalue weighted by Gasteiger charge is -2.05. The van der Waals surface area contributed by atoms with E-state index in [1.165, 1.54) is 5.84 Å². The summed E-state index contributed by atoms with van der Waals surface area (Å²) in [6.45, 7) is 13.8. The Balaban J connectivity index is 0.000000585. The van der Waals surface area contributed by atoms with E-state index in [1.54, 1.807) is 0 Å². The number of halogens is 3. The predicted molar refractivity (Wildman–Crippen MR) is 80.3 cm³/mol. The minimum Gasteiger partial charge on any atom is -0.542 e. The first-order valence-electron chi connectivity index (χ1n) is 7.50. The summed E-state index contributed by atoms with van der Waals surface area (Å²) < 4.78 is 33.9. The molecule has 1 heterocycles. The molecule has 1 atom stereocenters. The number of carboxylic acids is 1. The third-order valence-corrected chi connectivity index (χ3v) is 2.96. The smallest absolute Gasteiger partial charge is 0.430 e.